The van der Waals surface area contributed by atoms with E-state index < -0.39 is 0 Å². The zero-order valence-electron chi connectivity index (χ0n) is 12.3. The van der Waals surface area contributed by atoms with Gasteiger partial charge in [0.05, 0.1) is 5.75 Å². The molecule has 1 aliphatic heterocycles. The van der Waals surface area contributed by atoms with E-state index in [0.717, 1.165) is 19.6 Å². The van der Waals surface area contributed by atoms with Crippen LogP contribution in [0.15, 0.2) is 23.1 Å². The molecule has 1 atom stereocenters. The van der Waals surface area contributed by atoms with Crippen molar-refractivity contribution in [1.29, 1.82) is 0 Å². The van der Waals surface area contributed by atoms with E-state index >= 15 is 0 Å². The van der Waals surface area contributed by atoms with E-state index in [9.17, 15) is 4.79 Å². The number of thioether (sulfide) groups is 1. The van der Waals surface area contributed by atoms with Crippen LogP contribution < -0.4 is 5.32 Å². The van der Waals surface area contributed by atoms with Crippen molar-refractivity contribution in [3.63, 3.8) is 0 Å². The van der Waals surface area contributed by atoms with Crippen molar-refractivity contribution < 1.29 is 4.79 Å². The molecule has 1 saturated heterocycles. The topological polar surface area (TPSA) is 32.3 Å². The number of hydrogen-bond donors (Lipinski definition) is 1. The largest absolute Gasteiger partial charge is 0.337 e. The normalized spacial score (nSPS) is 18.6. The molecule has 1 aromatic rings. The fourth-order valence-electron chi connectivity index (χ4n) is 2.30. The van der Waals surface area contributed by atoms with Crippen LogP contribution in [-0.4, -0.2) is 42.2 Å². The zero-order valence-corrected chi connectivity index (χ0v) is 13.9. The van der Waals surface area contributed by atoms with Gasteiger partial charge in [-0.05, 0) is 32.4 Å². The minimum absolute atomic E-state index is 0. The van der Waals surface area contributed by atoms with Crippen LogP contribution in [0.2, 0.25) is 0 Å². The molecule has 1 amide bonds. The summed E-state index contributed by atoms with van der Waals surface area (Å²) in [4.78, 5) is 15.5. The number of amides is 1. The molecule has 0 bridgehead atoms. The van der Waals surface area contributed by atoms with Gasteiger partial charge in [-0.3, -0.25) is 4.79 Å². The molecule has 0 radical (unpaired) electrons. The predicted octanol–water partition coefficient (Wildman–Crippen LogP) is 2.64. The quantitative estimate of drug-likeness (QED) is 0.871. The van der Waals surface area contributed by atoms with Crippen LogP contribution in [0.1, 0.15) is 18.1 Å². The van der Waals surface area contributed by atoms with E-state index in [0.29, 0.717) is 11.8 Å². The van der Waals surface area contributed by atoms with Crippen LogP contribution in [0.4, 0.5) is 0 Å². The van der Waals surface area contributed by atoms with Gasteiger partial charge in [-0.2, -0.15) is 0 Å². The molecule has 0 saturated carbocycles. The molecule has 5 heteroatoms. The summed E-state index contributed by atoms with van der Waals surface area (Å²) < 4.78 is 0. The first-order chi connectivity index (χ1) is 9.08. The number of nitrogens with one attached hydrogen (secondary N) is 1. The molecule has 0 spiro atoms. The summed E-state index contributed by atoms with van der Waals surface area (Å²) in [6, 6.07) is 6.70. The van der Waals surface area contributed by atoms with Gasteiger partial charge < -0.3 is 10.2 Å². The third kappa shape index (κ3) is 4.40. The monoisotopic (exact) mass is 314 g/mol. The molecule has 2 rings (SSSR count). The van der Waals surface area contributed by atoms with Gasteiger partial charge in [0.1, 0.15) is 0 Å². The van der Waals surface area contributed by atoms with Crippen LogP contribution in [0.3, 0.4) is 0 Å². The summed E-state index contributed by atoms with van der Waals surface area (Å²) >= 11 is 1.65. The Kier molecular flexibility index (Phi) is 6.86. The predicted molar refractivity (Wildman–Crippen MR) is 87.9 cm³/mol. The molecule has 0 unspecified atom stereocenters. The Labute approximate surface area is 131 Å². The molecule has 0 aromatic heterocycles. The minimum Gasteiger partial charge on any atom is -0.337 e. The Morgan fingerprint density at radius 3 is 2.90 bits per heavy atom. The number of aryl methyl sites for hydroxylation is 2. The molecule has 1 N–H and O–H groups in total. The third-order valence-corrected chi connectivity index (χ3v) is 4.66. The van der Waals surface area contributed by atoms with Crippen LogP contribution in [0.25, 0.3) is 0 Å². The average molecular weight is 315 g/mol. The van der Waals surface area contributed by atoms with E-state index in [1.165, 1.54) is 16.0 Å². The molecule has 112 valence electrons. The van der Waals surface area contributed by atoms with E-state index in [2.05, 4.69) is 44.3 Å². The lowest BCUT2D eigenvalue weighted by molar-refractivity contribution is -0.131. The Morgan fingerprint density at radius 1 is 1.45 bits per heavy atom. The number of piperazine rings is 1. The average Bonchev–Trinajstić information content (AvgIpc) is 2.40. The Hall–Kier alpha value is -0.710. The summed E-state index contributed by atoms with van der Waals surface area (Å²) in [7, 11) is 0. The highest BCUT2D eigenvalue weighted by Gasteiger charge is 2.22. The molecule has 3 nitrogen and oxygen atoms in total. The van der Waals surface area contributed by atoms with Crippen molar-refractivity contribution in [2.45, 2.75) is 31.7 Å². The maximum Gasteiger partial charge on any atom is 0.233 e. The summed E-state index contributed by atoms with van der Waals surface area (Å²) in [6.07, 6.45) is 0. The van der Waals surface area contributed by atoms with Crippen LogP contribution in [0, 0.1) is 13.8 Å². The maximum absolute atomic E-state index is 12.3. The molecule has 1 fully saturated rings. The smallest absolute Gasteiger partial charge is 0.233 e. The Balaban J connectivity index is 0.00000200. The third-order valence-electron chi connectivity index (χ3n) is 3.52. The van der Waals surface area contributed by atoms with Gasteiger partial charge in [0, 0.05) is 30.6 Å². The van der Waals surface area contributed by atoms with Gasteiger partial charge in [0.25, 0.3) is 0 Å². The van der Waals surface area contributed by atoms with Gasteiger partial charge >= 0.3 is 0 Å². The van der Waals surface area contributed by atoms with E-state index in [1.807, 2.05) is 4.90 Å². The van der Waals surface area contributed by atoms with Gasteiger partial charge in [-0.15, -0.1) is 24.2 Å². The van der Waals surface area contributed by atoms with Crippen molar-refractivity contribution in [2.24, 2.45) is 0 Å². The van der Waals surface area contributed by atoms with Crippen molar-refractivity contribution >= 4 is 30.1 Å². The molecule has 20 heavy (non-hydrogen) atoms. The second-order valence-corrected chi connectivity index (χ2v) is 6.22. The van der Waals surface area contributed by atoms with Gasteiger partial charge in [-0.25, -0.2) is 0 Å². The highest BCUT2D eigenvalue weighted by Crippen LogP contribution is 2.24. The lowest BCUT2D eigenvalue weighted by atomic mass is 10.2. The number of carbonyl (C=O) groups is 1. The van der Waals surface area contributed by atoms with Crippen molar-refractivity contribution in [3.05, 3.63) is 29.3 Å². The SMILES string of the molecule is Cc1ccc(C)c(SCC(=O)N2CCNC[C@H]2C)c1.Cl. The molecular formula is C15H23ClN2OS. The molecule has 0 aliphatic carbocycles. The maximum atomic E-state index is 12.3. The lowest BCUT2D eigenvalue weighted by Gasteiger charge is -2.34. The number of hydrogen-bond acceptors (Lipinski definition) is 3. The van der Waals surface area contributed by atoms with Crippen molar-refractivity contribution in [1.82, 2.24) is 10.2 Å². The number of halogens is 1. The second-order valence-electron chi connectivity index (χ2n) is 5.20. The van der Waals surface area contributed by atoms with Crippen molar-refractivity contribution in [3.8, 4) is 0 Å². The number of benzene rings is 1. The lowest BCUT2D eigenvalue weighted by Crippen LogP contribution is -2.52. The Morgan fingerprint density at radius 2 is 2.20 bits per heavy atom. The number of nitrogens with zero attached hydrogens (tertiary/aromatic N) is 1. The van der Waals surface area contributed by atoms with Gasteiger partial charge in [0.2, 0.25) is 5.91 Å². The van der Waals surface area contributed by atoms with Crippen molar-refractivity contribution in [2.75, 3.05) is 25.4 Å². The van der Waals surface area contributed by atoms with Crippen LogP contribution >= 0.6 is 24.2 Å². The van der Waals surface area contributed by atoms with Crippen LogP contribution in [0.5, 0.6) is 0 Å². The molecule has 1 heterocycles. The molecule has 1 aliphatic rings. The van der Waals surface area contributed by atoms with E-state index in [-0.39, 0.29) is 18.3 Å². The Bertz CT molecular complexity index is 467. The minimum atomic E-state index is 0. The summed E-state index contributed by atoms with van der Waals surface area (Å²) in [6.45, 7) is 8.92. The fourth-order valence-corrected chi connectivity index (χ4v) is 3.31. The van der Waals surface area contributed by atoms with Gasteiger partial charge in [-0.1, -0.05) is 17.7 Å². The fraction of sp³-hybridized carbons (Fsp3) is 0.533. The first-order valence-electron chi connectivity index (χ1n) is 6.78. The second kappa shape index (κ2) is 7.91. The van der Waals surface area contributed by atoms with E-state index in [4.69, 9.17) is 0 Å². The van der Waals surface area contributed by atoms with Crippen LogP contribution in [-0.2, 0) is 4.79 Å². The summed E-state index contributed by atoms with van der Waals surface area (Å²) in [5, 5.41) is 3.31. The zero-order chi connectivity index (χ0) is 13.8. The molecular weight excluding hydrogens is 292 g/mol. The molecule has 1 aromatic carbocycles. The van der Waals surface area contributed by atoms with Gasteiger partial charge in [0.15, 0.2) is 0 Å². The summed E-state index contributed by atoms with van der Waals surface area (Å²) in [5.74, 6) is 0.786. The number of carbonyl (C=O) groups excluding carboxylic acids is 1. The highest BCUT2D eigenvalue weighted by molar-refractivity contribution is 8.00. The number of rotatable bonds is 3. The highest BCUT2D eigenvalue weighted by atomic mass is 35.5. The summed E-state index contributed by atoms with van der Waals surface area (Å²) in [5.41, 5.74) is 2.49. The first kappa shape index (κ1) is 17.3. The standard InChI is InChI=1S/C15H22N2OS.ClH/c1-11-4-5-12(2)14(8-11)19-10-15(18)17-7-6-16-9-13(17)3;/h4-5,8,13,16H,6-7,9-10H2,1-3H3;1H/t13-;/m1./s1. The van der Waals surface area contributed by atoms with E-state index in [1.54, 1.807) is 11.8 Å². The first-order valence-corrected chi connectivity index (χ1v) is 7.76.